The molecule has 1 aliphatic carbocycles. The third-order valence-corrected chi connectivity index (χ3v) is 4.73. The molecule has 2 heteroatoms. The normalized spacial score (nSPS) is 36.8. The van der Waals surface area contributed by atoms with Crippen molar-refractivity contribution >= 4 is 0 Å². The molecule has 94 valence electrons. The molecule has 0 aromatic carbocycles. The molecule has 1 heterocycles. The van der Waals surface area contributed by atoms with Crippen molar-refractivity contribution in [3.8, 4) is 0 Å². The molecular weight excluding hydrogens is 196 g/mol. The lowest BCUT2D eigenvalue weighted by atomic mass is 9.93. The van der Waals surface area contributed by atoms with Crippen LogP contribution in [0, 0.1) is 11.8 Å². The van der Waals surface area contributed by atoms with E-state index in [1.807, 2.05) is 0 Å². The van der Waals surface area contributed by atoms with Gasteiger partial charge in [-0.05, 0) is 63.5 Å². The molecule has 2 nitrogen and oxygen atoms in total. The van der Waals surface area contributed by atoms with Gasteiger partial charge in [0.25, 0.3) is 0 Å². The summed E-state index contributed by atoms with van der Waals surface area (Å²) in [6, 6.07) is 0.908. The number of nitrogens with zero attached hydrogens (tertiary/aromatic N) is 1. The fourth-order valence-electron chi connectivity index (χ4n) is 3.65. The molecule has 2 aliphatic rings. The number of hydrogen-bond acceptors (Lipinski definition) is 2. The van der Waals surface area contributed by atoms with Crippen LogP contribution in [0.4, 0.5) is 0 Å². The molecule has 0 aromatic heterocycles. The van der Waals surface area contributed by atoms with Crippen molar-refractivity contribution in [1.29, 1.82) is 0 Å². The predicted octanol–water partition coefficient (Wildman–Crippen LogP) is 2.63. The van der Waals surface area contributed by atoms with Gasteiger partial charge >= 0.3 is 0 Å². The van der Waals surface area contributed by atoms with Crippen LogP contribution >= 0.6 is 0 Å². The zero-order chi connectivity index (χ0) is 11.4. The predicted molar refractivity (Wildman–Crippen MR) is 69.4 cm³/mol. The maximum absolute atomic E-state index is 5.68. The number of hydrogen-bond donors (Lipinski definition) is 1. The summed E-state index contributed by atoms with van der Waals surface area (Å²) in [4.78, 5) is 2.78. The van der Waals surface area contributed by atoms with E-state index in [0.717, 1.165) is 24.4 Å². The van der Waals surface area contributed by atoms with E-state index in [9.17, 15) is 0 Å². The Hall–Kier alpha value is -0.0800. The summed E-state index contributed by atoms with van der Waals surface area (Å²) >= 11 is 0. The molecule has 0 bridgehead atoms. The second-order valence-electron chi connectivity index (χ2n) is 5.82. The van der Waals surface area contributed by atoms with Gasteiger partial charge in [-0.1, -0.05) is 13.3 Å². The molecule has 3 atom stereocenters. The van der Waals surface area contributed by atoms with E-state index in [-0.39, 0.29) is 0 Å². The fourth-order valence-corrected chi connectivity index (χ4v) is 3.65. The van der Waals surface area contributed by atoms with Crippen LogP contribution in [0.2, 0.25) is 0 Å². The highest BCUT2D eigenvalue weighted by Crippen LogP contribution is 2.33. The Labute approximate surface area is 101 Å². The Bertz CT molecular complexity index is 203. The van der Waals surface area contributed by atoms with Gasteiger partial charge in [0.05, 0.1) is 0 Å². The van der Waals surface area contributed by atoms with E-state index < -0.39 is 0 Å². The topological polar surface area (TPSA) is 29.3 Å². The standard InChI is InChI=1S/C14H28N2/c1-2-12-5-6-14(10-12)16-9-3-4-13(11-16)7-8-15/h12-14H,2-11,15H2,1H3. The Morgan fingerprint density at radius 3 is 2.75 bits per heavy atom. The molecule has 1 aliphatic heterocycles. The van der Waals surface area contributed by atoms with Gasteiger partial charge in [-0.25, -0.2) is 0 Å². The van der Waals surface area contributed by atoms with Crippen LogP contribution < -0.4 is 5.73 Å². The van der Waals surface area contributed by atoms with Gasteiger partial charge < -0.3 is 10.6 Å². The third kappa shape index (κ3) is 2.98. The van der Waals surface area contributed by atoms with E-state index in [4.69, 9.17) is 5.73 Å². The summed E-state index contributed by atoms with van der Waals surface area (Å²) in [7, 11) is 0. The van der Waals surface area contributed by atoms with Crippen molar-refractivity contribution in [2.45, 2.75) is 57.9 Å². The molecule has 1 saturated heterocycles. The van der Waals surface area contributed by atoms with Gasteiger partial charge in [-0.15, -0.1) is 0 Å². The molecule has 2 N–H and O–H groups in total. The summed E-state index contributed by atoms with van der Waals surface area (Å²) < 4.78 is 0. The molecule has 3 unspecified atom stereocenters. The van der Waals surface area contributed by atoms with E-state index in [0.29, 0.717) is 0 Å². The van der Waals surface area contributed by atoms with Crippen LogP contribution in [0.1, 0.15) is 51.9 Å². The highest BCUT2D eigenvalue weighted by molar-refractivity contribution is 4.85. The van der Waals surface area contributed by atoms with Crippen molar-refractivity contribution < 1.29 is 0 Å². The average molecular weight is 224 g/mol. The van der Waals surface area contributed by atoms with Crippen LogP contribution in [-0.4, -0.2) is 30.6 Å². The highest BCUT2D eigenvalue weighted by Gasteiger charge is 2.30. The summed E-state index contributed by atoms with van der Waals surface area (Å²) in [5, 5.41) is 0. The first kappa shape index (κ1) is 12.4. The fraction of sp³-hybridized carbons (Fsp3) is 1.00. The third-order valence-electron chi connectivity index (χ3n) is 4.73. The van der Waals surface area contributed by atoms with Gasteiger partial charge in [-0.3, -0.25) is 0 Å². The Balaban J connectivity index is 1.80. The monoisotopic (exact) mass is 224 g/mol. The van der Waals surface area contributed by atoms with Crippen molar-refractivity contribution in [2.75, 3.05) is 19.6 Å². The van der Waals surface area contributed by atoms with Gasteiger partial charge in [0, 0.05) is 12.6 Å². The van der Waals surface area contributed by atoms with Gasteiger partial charge in [-0.2, -0.15) is 0 Å². The van der Waals surface area contributed by atoms with Crippen LogP contribution in [0.5, 0.6) is 0 Å². The van der Waals surface area contributed by atoms with Crippen LogP contribution in [0.3, 0.4) is 0 Å². The maximum Gasteiger partial charge on any atom is 0.00981 e. The second-order valence-corrected chi connectivity index (χ2v) is 5.82. The minimum absolute atomic E-state index is 0.876. The molecule has 1 saturated carbocycles. The first-order valence-corrected chi connectivity index (χ1v) is 7.27. The van der Waals surface area contributed by atoms with Crippen molar-refractivity contribution in [2.24, 2.45) is 17.6 Å². The Kier molecular flexibility index (Phi) is 4.66. The number of likely N-dealkylation sites (tertiary alicyclic amines) is 1. The van der Waals surface area contributed by atoms with Crippen molar-refractivity contribution in [3.63, 3.8) is 0 Å². The van der Waals surface area contributed by atoms with Crippen molar-refractivity contribution in [3.05, 3.63) is 0 Å². The minimum atomic E-state index is 0.876. The van der Waals surface area contributed by atoms with Gasteiger partial charge in [0.15, 0.2) is 0 Å². The zero-order valence-electron chi connectivity index (χ0n) is 10.8. The van der Waals surface area contributed by atoms with Gasteiger partial charge in [0.1, 0.15) is 0 Å². The molecule has 2 rings (SSSR count). The van der Waals surface area contributed by atoms with E-state index >= 15 is 0 Å². The lowest BCUT2D eigenvalue weighted by Gasteiger charge is -2.37. The molecule has 16 heavy (non-hydrogen) atoms. The smallest absolute Gasteiger partial charge is 0.00981 e. The molecule has 0 spiro atoms. The highest BCUT2D eigenvalue weighted by atomic mass is 15.2. The summed E-state index contributed by atoms with van der Waals surface area (Å²) in [5.41, 5.74) is 5.68. The molecule has 0 radical (unpaired) electrons. The van der Waals surface area contributed by atoms with Crippen LogP contribution in [0.25, 0.3) is 0 Å². The average Bonchev–Trinajstić information content (AvgIpc) is 2.78. The van der Waals surface area contributed by atoms with Crippen LogP contribution in [0.15, 0.2) is 0 Å². The second kappa shape index (κ2) is 6.02. The van der Waals surface area contributed by atoms with E-state index in [1.165, 1.54) is 58.0 Å². The van der Waals surface area contributed by atoms with Crippen LogP contribution in [-0.2, 0) is 0 Å². The lowest BCUT2D eigenvalue weighted by Crippen LogP contribution is -2.42. The first-order valence-electron chi connectivity index (χ1n) is 7.27. The van der Waals surface area contributed by atoms with E-state index in [2.05, 4.69) is 11.8 Å². The minimum Gasteiger partial charge on any atom is -0.330 e. The van der Waals surface area contributed by atoms with Gasteiger partial charge in [0.2, 0.25) is 0 Å². The lowest BCUT2D eigenvalue weighted by molar-refractivity contribution is 0.119. The van der Waals surface area contributed by atoms with E-state index in [1.54, 1.807) is 0 Å². The SMILES string of the molecule is CCC1CCC(N2CCCC(CCN)C2)C1. The molecular formula is C14H28N2. The Morgan fingerprint density at radius 2 is 2.06 bits per heavy atom. The van der Waals surface area contributed by atoms with Crippen molar-refractivity contribution in [1.82, 2.24) is 4.90 Å². The molecule has 2 fully saturated rings. The number of rotatable bonds is 4. The summed E-state index contributed by atoms with van der Waals surface area (Å²) in [6.45, 7) is 5.90. The maximum atomic E-state index is 5.68. The summed E-state index contributed by atoms with van der Waals surface area (Å²) in [6.07, 6.45) is 9.82. The molecule has 0 aromatic rings. The molecule has 0 amide bonds. The Morgan fingerprint density at radius 1 is 1.19 bits per heavy atom. The largest absolute Gasteiger partial charge is 0.330 e. The summed E-state index contributed by atoms with van der Waals surface area (Å²) in [5.74, 6) is 1.90. The zero-order valence-corrected chi connectivity index (χ0v) is 10.8. The number of piperidine rings is 1. The quantitative estimate of drug-likeness (QED) is 0.795. The number of nitrogens with two attached hydrogens (primary N) is 1. The first-order chi connectivity index (χ1) is 7.83.